The SMILES string of the molecule is COCOC1(c2ncc(-c3ccnc4c3ccn4S(=O)(=O)C3(C)C=C(Cl)C=CC3c3ccc4c(c3)OCCO4)s2)CCC1. The molecule has 4 aromatic rings. The number of allylic oxidation sites excluding steroid dienone is 3. The molecule has 224 valence electrons. The van der Waals surface area contributed by atoms with E-state index in [1.54, 1.807) is 56.0 Å². The van der Waals surface area contributed by atoms with Crippen molar-refractivity contribution in [2.45, 2.75) is 42.5 Å². The predicted octanol–water partition coefficient (Wildman–Crippen LogP) is 6.34. The highest BCUT2D eigenvalue weighted by Crippen LogP contribution is 2.49. The second-order valence-electron chi connectivity index (χ2n) is 11.1. The molecular weight excluding hydrogens is 610 g/mol. The van der Waals surface area contributed by atoms with Gasteiger partial charge in [-0.3, -0.25) is 0 Å². The van der Waals surface area contributed by atoms with Gasteiger partial charge in [0.1, 0.15) is 35.4 Å². The fourth-order valence-corrected chi connectivity index (χ4v) is 9.41. The number of rotatable bonds is 8. The standard InChI is InChI=1S/C31H30ClN3O6S2/c1-30(17-21(32)5-6-24(30)20-4-7-25-26(16-20)40-15-14-39-25)43(36,37)35-13-9-23-22(8-12-33-28(23)35)27-18-34-29(42-27)31(10-3-11-31)41-19-38-2/h4-9,12-13,16-18,24H,3,10-11,14-15,19H2,1-2H3. The molecule has 1 saturated carbocycles. The third-order valence-corrected chi connectivity index (χ3v) is 12.3. The van der Waals surface area contributed by atoms with Gasteiger partial charge in [0.05, 0.1) is 4.88 Å². The van der Waals surface area contributed by atoms with Gasteiger partial charge in [-0.2, -0.15) is 0 Å². The Labute approximate surface area is 258 Å². The molecule has 1 aliphatic heterocycles. The zero-order chi connectivity index (χ0) is 29.8. The Hall–Kier alpha value is -3.22. The summed E-state index contributed by atoms with van der Waals surface area (Å²) in [5.74, 6) is 0.683. The number of methoxy groups -OCH3 is 1. The van der Waals surface area contributed by atoms with Crippen LogP contribution in [0.3, 0.4) is 0 Å². The summed E-state index contributed by atoms with van der Waals surface area (Å²) in [6.45, 7) is 2.80. The van der Waals surface area contributed by atoms with E-state index in [0.29, 0.717) is 40.8 Å². The van der Waals surface area contributed by atoms with Crippen LogP contribution in [0.4, 0.5) is 0 Å². The number of hydrogen-bond acceptors (Lipinski definition) is 9. The monoisotopic (exact) mass is 639 g/mol. The molecule has 0 amide bonds. The highest BCUT2D eigenvalue weighted by Gasteiger charge is 2.48. The van der Waals surface area contributed by atoms with Crippen molar-refractivity contribution in [1.82, 2.24) is 13.9 Å². The number of nitrogens with zero attached hydrogens (tertiary/aromatic N) is 3. The predicted molar refractivity (Wildman–Crippen MR) is 165 cm³/mol. The lowest BCUT2D eigenvalue weighted by Gasteiger charge is -2.39. The Balaban J connectivity index is 1.28. The molecule has 3 aromatic heterocycles. The normalized spacial score (nSPS) is 22.8. The molecule has 2 unspecified atom stereocenters. The number of ether oxygens (including phenoxy) is 4. The quantitative estimate of drug-likeness (QED) is 0.206. The van der Waals surface area contributed by atoms with E-state index in [4.69, 9.17) is 35.5 Å². The van der Waals surface area contributed by atoms with Crippen LogP contribution in [-0.4, -0.2) is 54.2 Å². The Morgan fingerprint density at radius 3 is 2.72 bits per heavy atom. The lowest BCUT2D eigenvalue weighted by atomic mass is 9.80. The summed E-state index contributed by atoms with van der Waals surface area (Å²) < 4.78 is 51.8. The first-order valence-electron chi connectivity index (χ1n) is 14.0. The van der Waals surface area contributed by atoms with Gasteiger partial charge >= 0.3 is 0 Å². The Morgan fingerprint density at radius 2 is 1.95 bits per heavy atom. The molecule has 43 heavy (non-hydrogen) atoms. The van der Waals surface area contributed by atoms with Gasteiger partial charge in [0, 0.05) is 47.6 Å². The number of halogens is 1. The summed E-state index contributed by atoms with van der Waals surface area (Å²) in [4.78, 5) is 10.2. The number of aromatic nitrogens is 3. The van der Waals surface area contributed by atoms with Crippen LogP contribution in [0.5, 0.6) is 11.5 Å². The average molecular weight is 640 g/mol. The second kappa shape index (κ2) is 10.7. The lowest BCUT2D eigenvalue weighted by Crippen LogP contribution is -2.43. The zero-order valence-electron chi connectivity index (χ0n) is 23.7. The minimum Gasteiger partial charge on any atom is -0.486 e. The van der Waals surface area contributed by atoms with E-state index in [9.17, 15) is 8.42 Å². The van der Waals surface area contributed by atoms with Crippen molar-refractivity contribution in [3.63, 3.8) is 0 Å². The van der Waals surface area contributed by atoms with Crippen LogP contribution in [0.1, 0.15) is 42.7 Å². The van der Waals surface area contributed by atoms with E-state index in [-0.39, 0.29) is 6.79 Å². The highest BCUT2D eigenvalue weighted by atomic mass is 35.5. The van der Waals surface area contributed by atoms with Crippen molar-refractivity contribution in [3.05, 3.63) is 82.8 Å². The van der Waals surface area contributed by atoms with Crippen LogP contribution in [0.25, 0.3) is 21.5 Å². The maximum atomic E-state index is 14.6. The molecule has 0 radical (unpaired) electrons. The Kier molecular flexibility index (Phi) is 7.13. The summed E-state index contributed by atoms with van der Waals surface area (Å²) in [6, 6.07) is 9.23. The molecule has 2 aliphatic carbocycles. The molecule has 0 bridgehead atoms. The summed E-state index contributed by atoms with van der Waals surface area (Å²) in [6.07, 6.45) is 13.0. The first-order valence-corrected chi connectivity index (χ1v) is 16.7. The van der Waals surface area contributed by atoms with E-state index in [1.165, 1.54) is 3.97 Å². The number of fused-ring (bicyclic) bond motifs is 2. The fourth-order valence-electron chi connectivity index (χ4n) is 6.06. The smallest absolute Gasteiger partial charge is 0.250 e. The second-order valence-corrected chi connectivity index (χ2v) is 14.8. The molecule has 0 spiro atoms. The Bertz CT molecular complexity index is 1880. The summed E-state index contributed by atoms with van der Waals surface area (Å²) in [5, 5.41) is 1.96. The van der Waals surface area contributed by atoms with Crippen LogP contribution in [0, 0.1) is 0 Å². The molecule has 2 atom stereocenters. The minimum absolute atomic E-state index is 0.203. The first-order chi connectivity index (χ1) is 20.8. The van der Waals surface area contributed by atoms with Gasteiger partial charge < -0.3 is 18.9 Å². The largest absolute Gasteiger partial charge is 0.486 e. The van der Waals surface area contributed by atoms with E-state index in [1.807, 2.05) is 36.5 Å². The van der Waals surface area contributed by atoms with E-state index < -0.39 is 26.3 Å². The Morgan fingerprint density at radius 1 is 1.14 bits per heavy atom. The highest BCUT2D eigenvalue weighted by molar-refractivity contribution is 7.91. The van der Waals surface area contributed by atoms with Gasteiger partial charge in [0.25, 0.3) is 0 Å². The van der Waals surface area contributed by atoms with Gasteiger partial charge in [-0.15, -0.1) is 11.3 Å². The molecule has 4 heterocycles. The fraction of sp³-hybridized carbons (Fsp3) is 0.355. The minimum atomic E-state index is -4.09. The van der Waals surface area contributed by atoms with Crippen LogP contribution >= 0.6 is 22.9 Å². The summed E-state index contributed by atoms with van der Waals surface area (Å²) in [5.41, 5.74) is 1.53. The molecule has 1 aromatic carbocycles. The van der Waals surface area contributed by atoms with Crippen molar-refractivity contribution in [3.8, 4) is 21.9 Å². The van der Waals surface area contributed by atoms with E-state index >= 15 is 0 Å². The van der Waals surface area contributed by atoms with Crippen LogP contribution in [0.15, 0.2) is 72.2 Å². The third kappa shape index (κ3) is 4.60. The van der Waals surface area contributed by atoms with Crippen LogP contribution in [0.2, 0.25) is 0 Å². The number of benzene rings is 1. The van der Waals surface area contributed by atoms with E-state index in [0.717, 1.165) is 40.3 Å². The number of hydrogen-bond donors (Lipinski definition) is 0. The third-order valence-electron chi connectivity index (χ3n) is 8.56. The zero-order valence-corrected chi connectivity index (χ0v) is 26.0. The molecule has 0 saturated heterocycles. The van der Waals surface area contributed by atoms with Gasteiger partial charge in [0.15, 0.2) is 17.1 Å². The van der Waals surface area contributed by atoms with Crippen molar-refractivity contribution in [1.29, 1.82) is 0 Å². The van der Waals surface area contributed by atoms with Crippen LogP contribution in [-0.2, 0) is 25.1 Å². The molecule has 9 nitrogen and oxygen atoms in total. The molecule has 12 heteroatoms. The molecule has 3 aliphatic rings. The van der Waals surface area contributed by atoms with Crippen molar-refractivity contribution in [2.75, 3.05) is 27.1 Å². The van der Waals surface area contributed by atoms with Crippen molar-refractivity contribution in [2.24, 2.45) is 0 Å². The molecule has 1 fully saturated rings. The summed E-state index contributed by atoms with van der Waals surface area (Å²) in [7, 11) is -2.49. The molecule has 0 N–H and O–H groups in total. The van der Waals surface area contributed by atoms with Gasteiger partial charge in [-0.1, -0.05) is 23.7 Å². The average Bonchev–Trinajstić information content (AvgIpc) is 3.65. The lowest BCUT2D eigenvalue weighted by molar-refractivity contribution is -0.171. The topological polar surface area (TPSA) is 102 Å². The number of pyridine rings is 1. The van der Waals surface area contributed by atoms with Gasteiger partial charge in [0.2, 0.25) is 10.0 Å². The van der Waals surface area contributed by atoms with Crippen molar-refractivity contribution >= 4 is 44.0 Å². The van der Waals surface area contributed by atoms with Crippen molar-refractivity contribution < 1.29 is 27.4 Å². The maximum absolute atomic E-state index is 14.6. The maximum Gasteiger partial charge on any atom is 0.250 e. The molecule has 7 rings (SSSR count). The first kappa shape index (κ1) is 28.5. The number of thiazole rings is 1. The molecular formula is C31H30ClN3O6S2. The van der Waals surface area contributed by atoms with E-state index in [2.05, 4.69) is 4.98 Å². The summed E-state index contributed by atoms with van der Waals surface area (Å²) >= 11 is 8.02. The van der Waals surface area contributed by atoms with Gasteiger partial charge in [-0.05, 0) is 68.2 Å². The van der Waals surface area contributed by atoms with Gasteiger partial charge in [-0.25, -0.2) is 22.4 Å². The van der Waals surface area contributed by atoms with Crippen LogP contribution < -0.4 is 9.47 Å².